The van der Waals surface area contributed by atoms with Crippen LogP contribution in [0.1, 0.15) is 11.3 Å². The lowest BCUT2D eigenvalue weighted by atomic mass is 10.3. The van der Waals surface area contributed by atoms with Crippen LogP contribution in [-0.2, 0) is 10.0 Å². The molecule has 2 heterocycles. The standard InChI is InChI=1S/C20H19N5O3S2/c1-13-14(2)23-20-21-12-22-25(20)19(13)29-17-8-4-15(5-9-17)24-30(26,27)18-10-6-16(28-3)7-11-18/h4-12,24H,1-3H3. The highest BCUT2D eigenvalue weighted by molar-refractivity contribution is 7.99. The third-order valence-corrected chi connectivity index (χ3v) is 7.12. The molecule has 2 aromatic heterocycles. The molecule has 0 saturated heterocycles. The minimum Gasteiger partial charge on any atom is -0.497 e. The Labute approximate surface area is 178 Å². The molecule has 8 nitrogen and oxygen atoms in total. The van der Waals surface area contributed by atoms with Crippen molar-refractivity contribution in [3.8, 4) is 5.75 Å². The van der Waals surface area contributed by atoms with Crippen LogP contribution in [-0.4, -0.2) is 35.1 Å². The highest BCUT2D eigenvalue weighted by Gasteiger charge is 2.15. The molecule has 0 aliphatic carbocycles. The van der Waals surface area contributed by atoms with Crippen LogP contribution in [0.15, 0.2) is 69.7 Å². The number of sulfonamides is 1. The van der Waals surface area contributed by atoms with Gasteiger partial charge in [-0.25, -0.2) is 13.4 Å². The smallest absolute Gasteiger partial charge is 0.261 e. The van der Waals surface area contributed by atoms with Crippen molar-refractivity contribution in [3.05, 3.63) is 66.1 Å². The van der Waals surface area contributed by atoms with Gasteiger partial charge in [0.05, 0.1) is 12.0 Å². The number of nitrogens with one attached hydrogen (secondary N) is 1. The third-order valence-electron chi connectivity index (χ3n) is 4.54. The molecule has 10 heteroatoms. The van der Waals surface area contributed by atoms with Crippen LogP contribution in [0.2, 0.25) is 0 Å². The van der Waals surface area contributed by atoms with Crippen LogP contribution in [0.25, 0.3) is 5.78 Å². The average Bonchev–Trinajstić information content (AvgIpc) is 3.20. The average molecular weight is 442 g/mol. The molecule has 1 N–H and O–H groups in total. The van der Waals surface area contributed by atoms with Crippen LogP contribution in [0.3, 0.4) is 0 Å². The first-order valence-electron chi connectivity index (χ1n) is 8.99. The van der Waals surface area contributed by atoms with Gasteiger partial charge >= 0.3 is 0 Å². The zero-order valence-electron chi connectivity index (χ0n) is 16.5. The van der Waals surface area contributed by atoms with Gasteiger partial charge in [0.25, 0.3) is 15.8 Å². The zero-order valence-corrected chi connectivity index (χ0v) is 18.2. The summed E-state index contributed by atoms with van der Waals surface area (Å²) in [6, 6.07) is 13.4. The summed E-state index contributed by atoms with van der Waals surface area (Å²) >= 11 is 1.52. The van der Waals surface area contributed by atoms with Crippen LogP contribution in [0, 0.1) is 13.8 Å². The molecule has 0 aliphatic heterocycles. The van der Waals surface area contributed by atoms with E-state index < -0.39 is 10.0 Å². The highest BCUT2D eigenvalue weighted by atomic mass is 32.2. The number of aryl methyl sites for hydroxylation is 1. The summed E-state index contributed by atoms with van der Waals surface area (Å²) in [6.07, 6.45) is 1.47. The molecule has 0 spiro atoms. The SMILES string of the molecule is COc1ccc(S(=O)(=O)Nc2ccc(Sc3c(C)c(C)nc4ncnn34)cc2)cc1. The lowest BCUT2D eigenvalue weighted by molar-refractivity contribution is 0.414. The van der Waals surface area contributed by atoms with Crippen LogP contribution < -0.4 is 9.46 Å². The monoisotopic (exact) mass is 441 g/mol. The number of hydrogen-bond acceptors (Lipinski definition) is 7. The summed E-state index contributed by atoms with van der Waals surface area (Å²) in [5, 5.41) is 5.17. The van der Waals surface area contributed by atoms with E-state index in [1.165, 1.54) is 37.3 Å². The predicted octanol–water partition coefficient (Wildman–Crippen LogP) is 3.70. The fourth-order valence-electron chi connectivity index (χ4n) is 2.79. The number of benzene rings is 2. The van der Waals surface area contributed by atoms with Gasteiger partial charge in [-0.1, -0.05) is 11.8 Å². The normalized spacial score (nSPS) is 11.6. The Balaban J connectivity index is 1.55. The van der Waals surface area contributed by atoms with Gasteiger partial charge in [-0.3, -0.25) is 4.72 Å². The van der Waals surface area contributed by atoms with E-state index in [9.17, 15) is 8.42 Å². The van der Waals surface area contributed by atoms with E-state index >= 15 is 0 Å². The van der Waals surface area contributed by atoms with Crippen molar-refractivity contribution in [1.82, 2.24) is 19.6 Å². The first-order chi connectivity index (χ1) is 14.4. The number of ether oxygens (including phenoxy) is 1. The van der Waals surface area contributed by atoms with Gasteiger partial charge in [0.1, 0.15) is 17.1 Å². The Bertz CT molecular complexity index is 1300. The molecule has 0 radical (unpaired) electrons. The first kappa shape index (κ1) is 20.2. The lowest BCUT2D eigenvalue weighted by Gasteiger charge is -2.11. The molecule has 154 valence electrons. The molecule has 0 unspecified atom stereocenters. The molecule has 2 aromatic carbocycles. The number of hydrogen-bond donors (Lipinski definition) is 1. The van der Waals surface area contributed by atoms with Crippen LogP contribution >= 0.6 is 11.8 Å². The lowest BCUT2D eigenvalue weighted by Crippen LogP contribution is -2.12. The number of rotatable bonds is 6. The fourth-order valence-corrected chi connectivity index (χ4v) is 4.86. The van der Waals surface area contributed by atoms with Gasteiger partial charge in [-0.15, -0.1) is 0 Å². The van der Waals surface area contributed by atoms with Crippen molar-refractivity contribution in [1.29, 1.82) is 0 Å². The van der Waals surface area contributed by atoms with Crippen molar-refractivity contribution in [3.63, 3.8) is 0 Å². The van der Waals surface area contributed by atoms with Gasteiger partial charge < -0.3 is 4.74 Å². The van der Waals surface area contributed by atoms with Crippen molar-refractivity contribution >= 4 is 33.3 Å². The summed E-state index contributed by atoms with van der Waals surface area (Å²) < 4.78 is 34.6. The van der Waals surface area contributed by atoms with Gasteiger partial charge in [0, 0.05) is 21.8 Å². The first-order valence-corrected chi connectivity index (χ1v) is 11.3. The second kappa shape index (κ2) is 7.96. The maximum atomic E-state index is 12.6. The summed E-state index contributed by atoms with van der Waals surface area (Å²) in [5.74, 6) is 1.14. The summed E-state index contributed by atoms with van der Waals surface area (Å²) in [7, 11) is -2.15. The molecule has 30 heavy (non-hydrogen) atoms. The minimum absolute atomic E-state index is 0.165. The van der Waals surface area contributed by atoms with Crippen molar-refractivity contribution in [2.75, 3.05) is 11.8 Å². The Morgan fingerprint density at radius 2 is 1.73 bits per heavy atom. The second-order valence-corrected chi connectivity index (χ2v) is 9.25. The molecule has 4 rings (SSSR count). The van der Waals surface area contributed by atoms with E-state index in [0.29, 0.717) is 17.2 Å². The van der Waals surface area contributed by atoms with E-state index in [0.717, 1.165) is 21.2 Å². The number of fused-ring (bicyclic) bond motifs is 1. The predicted molar refractivity (Wildman–Crippen MR) is 115 cm³/mol. The second-order valence-electron chi connectivity index (χ2n) is 6.51. The molecular weight excluding hydrogens is 422 g/mol. The Hall–Kier alpha value is -3.11. The Morgan fingerprint density at radius 3 is 2.40 bits per heavy atom. The quantitative estimate of drug-likeness (QED) is 0.456. The molecular formula is C20H19N5O3S2. The molecule has 0 fully saturated rings. The molecule has 0 bridgehead atoms. The summed E-state index contributed by atoms with van der Waals surface area (Å²) in [5.41, 5.74) is 2.38. The topological polar surface area (TPSA) is 98.5 Å². The number of methoxy groups -OCH3 is 1. The molecule has 0 aliphatic rings. The molecule has 0 amide bonds. The summed E-state index contributed by atoms with van der Waals surface area (Å²) in [6.45, 7) is 3.92. The van der Waals surface area contributed by atoms with Crippen molar-refractivity contribution in [2.45, 2.75) is 28.7 Å². The van der Waals surface area contributed by atoms with Crippen LogP contribution in [0.4, 0.5) is 5.69 Å². The van der Waals surface area contributed by atoms with Gasteiger partial charge in [0.15, 0.2) is 0 Å². The zero-order chi connectivity index (χ0) is 21.3. The number of anilines is 1. The Morgan fingerprint density at radius 1 is 1.03 bits per heavy atom. The van der Waals surface area contributed by atoms with Crippen molar-refractivity contribution < 1.29 is 13.2 Å². The molecule has 4 aromatic rings. The molecule has 0 atom stereocenters. The molecule has 0 saturated carbocycles. The van der Waals surface area contributed by atoms with Gasteiger partial charge in [0.2, 0.25) is 0 Å². The van der Waals surface area contributed by atoms with Crippen LogP contribution in [0.5, 0.6) is 5.75 Å². The van der Waals surface area contributed by atoms with Gasteiger partial charge in [-0.05, 0) is 62.4 Å². The maximum Gasteiger partial charge on any atom is 0.261 e. The highest BCUT2D eigenvalue weighted by Crippen LogP contribution is 2.32. The third kappa shape index (κ3) is 3.96. The minimum atomic E-state index is -3.69. The van der Waals surface area contributed by atoms with E-state index in [1.54, 1.807) is 28.8 Å². The largest absolute Gasteiger partial charge is 0.497 e. The van der Waals surface area contributed by atoms with E-state index in [-0.39, 0.29) is 4.90 Å². The Kier molecular flexibility index (Phi) is 5.35. The van der Waals surface area contributed by atoms with E-state index in [1.807, 2.05) is 26.0 Å². The number of nitrogens with zero attached hydrogens (tertiary/aromatic N) is 4. The van der Waals surface area contributed by atoms with E-state index in [4.69, 9.17) is 4.74 Å². The summed E-state index contributed by atoms with van der Waals surface area (Å²) in [4.78, 5) is 9.69. The van der Waals surface area contributed by atoms with Gasteiger partial charge in [-0.2, -0.15) is 14.6 Å². The maximum absolute atomic E-state index is 12.6. The van der Waals surface area contributed by atoms with E-state index in [2.05, 4.69) is 19.8 Å². The number of aromatic nitrogens is 4. The van der Waals surface area contributed by atoms with Crippen molar-refractivity contribution in [2.24, 2.45) is 0 Å². The fraction of sp³-hybridized carbons (Fsp3) is 0.150.